The molecule has 0 fully saturated rings. The van der Waals surface area contributed by atoms with Gasteiger partial charge in [-0.3, -0.25) is 5.32 Å². The van der Waals surface area contributed by atoms with Crippen LogP contribution < -0.4 is 20.1 Å². The number of benzene rings is 2. The molecule has 1 aliphatic rings. The third kappa shape index (κ3) is 5.39. The Morgan fingerprint density at radius 3 is 2.76 bits per heavy atom. The molecule has 2 aromatic carbocycles. The molecule has 2 heterocycles. The Hall–Kier alpha value is -2.78. The first-order valence-corrected chi connectivity index (χ1v) is 10.9. The summed E-state index contributed by atoms with van der Waals surface area (Å²) in [6.07, 6.45) is 0. The smallest absolute Gasteiger partial charge is 0.321 e. The molecule has 0 bridgehead atoms. The molecule has 1 aromatic heterocycles. The molecule has 1 aliphatic heterocycles. The van der Waals surface area contributed by atoms with E-state index < -0.39 is 0 Å². The summed E-state index contributed by atoms with van der Waals surface area (Å²) in [5.74, 6) is 2.66. The topological polar surface area (TPSA) is 72.5 Å². The van der Waals surface area contributed by atoms with Gasteiger partial charge in [0.15, 0.2) is 16.6 Å². The monoisotopic (exact) mass is 431 g/mol. The van der Waals surface area contributed by atoms with Crippen LogP contribution in [0.5, 0.6) is 11.5 Å². The van der Waals surface area contributed by atoms with Crippen LogP contribution in [0.4, 0.5) is 14.3 Å². The minimum absolute atomic E-state index is 0.223. The first-order chi connectivity index (χ1) is 14.2. The van der Waals surface area contributed by atoms with Crippen LogP contribution in [0.2, 0.25) is 0 Å². The third-order valence-electron chi connectivity index (χ3n) is 4.09. The summed E-state index contributed by atoms with van der Waals surface area (Å²) in [4.78, 5) is 16.5. The molecule has 0 spiro atoms. The van der Waals surface area contributed by atoms with Gasteiger partial charge in [-0.05, 0) is 35.4 Å². The Kier molecular flexibility index (Phi) is 6.16. The highest BCUT2D eigenvalue weighted by atomic mass is 32.2. The number of carbonyl (C=O) groups excluding carboxylic acids is 1. The summed E-state index contributed by atoms with van der Waals surface area (Å²) in [6, 6.07) is 11.7. The summed E-state index contributed by atoms with van der Waals surface area (Å²) in [6.45, 7) is 0.593. The van der Waals surface area contributed by atoms with Crippen molar-refractivity contribution in [3.05, 3.63) is 70.5 Å². The van der Waals surface area contributed by atoms with Gasteiger partial charge < -0.3 is 14.8 Å². The first-order valence-electron chi connectivity index (χ1n) is 8.86. The quantitative estimate of drug-likeness (QED) is 0.564. The van der Waals surface area contributed by atoms with E-state index in [2.05, 4.69) is 15.6 Å². The standard InChI is InChI=1S/C20H18FN3O3S2/c21-15-4-1-13(2-5-15)9-28-10-16-11-29-20(23-16)24-19(25)22-8-14-3-6-17-18(7-14)27-12-26-17/h1-7,11H,8-10,12H2,(H2,22,23,24,25). The van der Waals surface area contributed by atoms with Crippen molar-refractivity contribution in [2.24, 2.45) is 0 Å². The van der Waals surface area contributed by atoms with Crippen LogP contribution >= 0.6 is 23.1 Å². The Balaban J connectivity index is 1.21. The van der Waals surface area contributed by atoms with E-state index >= 15 is 0 Å². The minimum Gasteiger partial charge on any atom is -0.454 e. The number of hydrogen-bond donors (Lipinski definition) is 2. The van der Waals surface area contributed by atoms with Gasteiger partial charge in [-0.2, -0.15) is 11.8 Å². The van der Waals surface area contributed by atoms with Gasteiger partial charge in [-0.15, -0.1) is 11.3 Å². The maximum absolute atomic E-state index is 12.9. The van der Waals surface area contributed by atoms with E-state index in [1.807, 2.05) is 23.6 Å². The molecule has 9 heteroatoms. The van der Waals surface area contributed by atoms with Crippen LogP contribution in [0.1, 0.15) is 16.8 Å². The van der Waals surface area contributed by atoms with E-state index in [4.69, 9.17) is 9.47 Å². The van der Waals surface area contributed by atoms with Gasteiger partial charge >= 0.3 is 6.03 Å². The summed E-state index contributed by atoms with van der Waals surface area (Å²) in [5, 5.41) is 8.02. The molecule has 6 nitrogen and oxygen atoms in total. The molecule has 0 radical (unpaired) electrons. The van der Waals surface area contributed by atoms with E-state index in [-0.39, 0.29) is 18.6 Å². The average molecular weight is 432 g/mol. The van der Waals surface area contributed by atoms with Crippen molar-refractivity contribution < 1.29 is 18.7 Å². The highest BCUT2D eigenvalue weighted by Gasteiger charge is 2.13. The Labute approximate surface area is 175 Å². The van der Waals surface area contributed by atoms with Crippen LogP contribution in [0.3, 0.4) is 0 Å². The molecule has 0 aliphatic carbocycles. The predicted molar refractivity (Wildman–Crippen MR) is 112 cm³/mol. The van der Waals surface area contributed by atoms with Crippen molar-refractivity contribution in [1.29, 1.82) is 0 Å². The molecule has 0 atom stereocenters. The third-order valence-corrected chi connectivity index (χ3v) is 5.94. The molecule has 2 N–H and O–H groups in total. The Morgan fingerprint density at radius 2 is 1.90 bits per heavy atom. The van der Waals surface area contributed by atoms with E-state index in [0.717, 1.165) is 22.6 Å². The highest BCUT2D eigenvalue weighted by Crippen LogP contribution is 2.32. The van der Waals surface area contributed by atoms with Crippen molar-refractivity contribution >= 4 is 34.3 Å². The predicted octanol–water partition coefficient (Wildman–Crippen LogP) is 4.77. The number of halogens is 1. The van der Waals surface area contributed by atoms with Crippen molar-refractivity contribution in [3.63, 3.8) is 0 Å². The van der Waals surface area contributed by atoms with Crippen molar-refractivity contribution in [3.8, 4) is 11.5 Å². The number of fused-ring (bicyclic) bond motifs is 1. The maximum atomic E-state index is 12.9. The van der Waals surface area contributed by atoms with E-state index in [1.165, 1.54) is 23.5 Å². The van der Waals surface area contributed by atoms with E-state index in [9.17, 15) is 9.18 Å². The number of hydrogen-bond acceptors (Lipinski definition) is 6. The second-order valence-corrected chi connectivity index (χ2v) is 8.10. The molecule has 4 rings (SSSR count). The van der Waals surface area contributed by atoms with Crippen LogP contribution in [0, 0.1) is 5.82 Å². The summed E-state index contributed by atoms with van der Waals surface area (Å²) in [7, 11) is 0. The summed E-state index contributed by atoms with van der Waals surface area (Å²) < 4.78 is 23.5. The zero-order valence-corrected chi connectivity index (χ0v) is 16.9. The number of rotatable bonds is 7. The van der Waals surface area contributed by atoms with E-state index in [0.29, 0.717) is 28.9 Å². The molecule has 29 heavy (non-hydrogen) atoms. The van der Waals surface area contributed by atoms with Gasteiger partial charge in [0.1, 0.15) is 5.82 Å². The Bertz CT molecular complexity index is 995. The number of ether oxygens (including phenoxy) is 2. The normalized spacial score (nSPS) is 12.0. The summed E-state index contributed by atoms with van der Waals surface area (Å²) >= 11 is 3.07. The summed E-state index contributed by atoms with van der Waals surface area (Å²) in [5.41, 5.74) is 2.88. The second-order valence-electron chi connectivity index (χ2n) is 6.26. The fourth-order valence-corrected chi connectivity index (χ4v) is 4.36. The number of amides is 2. The number of thiazole rings is 1. The zero-order valence-electron chi connectivity index (χ0n) is 15.3. The van der Waals surface area contributed by atoms with E-state index in [1.54, 1.807) is 23.9 Å². The second kappa shape index (κ2) is 9.15. The van der Waals surface area contributed by atoms with Crippen LogP contribution in [-0.4, -0.2) is 17.8 Å². The molecule has 0 saturated carbocycles. The minimum atomic E-state index is -0.317. The molecular formula is C20H18FN3O3S2. The lowest BCUT2D eigenvalue weighted by Gasteiger charge is -2.06. The SMILES string of the molecule is O=C(NCc1ccc2c(c1)OCO2)Nc1nc(CSCc2ccc(F)cc2)cs1. The molecule has 0 unspecified atom stereocenters. The molecule has 150 valence electrons. The number of nitrogens with zero attached hydrogens (tertiary/aromatic N) is 1. The lowest BCUT2D eigenvalue weighted by Crippen LogP contribution is -2.28. The van der Waals surface area contributed by atoms with Gasteiger partial charge in [0, 0.05) is 23.4 Å². The lowest BCUT2D eigenvalue weighted by molar-refractivity contribution is 0.174. The van der Waals surface area contributed by atoms with Crippen LogP contribution in [0.15, 0.2) is 47.8 Å². The number of thioether (sulfide) groups is 1. The fraction of sp³-hybridized carbons (Fsp3) is 0.200. The number of aromatic nitrogens is 1. The largest absolute Gasteiger partial charge is 0.454 e. The maximum Gasteiger partial charge on any atom is 0.321 e. The molecule has 2 amide bonds. The lowest BCUT2D eigenvalue weighted by atomic mass is 10.2. The molecule has 0 saturated heterocycles. The number of anilines is 1. The number of urea groups is 1. The van der Waals surface area contributed by atoms with Gasteiger partial charge in [0.05, 0.1) is 5.69 Å². The van der Waals surface area contributed by atoms with Crippen LogP contribution in [-0.2, 0) is 18.1 Å². The van der Waals surface area contributed by atoms with Crippen LogP contribution in [0.25, 0.3) is 0 Å². The first kappa shape index (κ1) is 19.5. The Morgan fingerprint density at radius 1 is 1.10 bits per heavy atom. The fourth-order valence-electron chi connectivity index (χ4n) is 2.66. The van der Waals surface area contributed by atoms with Crippen molar-refractivity contribution in [2.45, 2.75) is 18.1 Å². The van der Waals surface area contributed by atoms with Crippen molar-refractivity contribution in [2.75, 3.05) is 12.1 Å². The van der Waals surface area contributed by atoms with Gasteiger partial charge in [-0.25, -0.2) is 14.2 Å². The average Bonchev–Trinajstić information content (AvgIpc) is 3.37. The number of nitrogens with one attached hydrogen (secondary N) is 2. The zero-order chi connectivity index (χ0) is 20.1. The van der Waals surface area contributed by atoms with Gasteiger partial charge in [0.25, 0.3) is 0 Å². The van der Waals surface area contributed by atoms with Gasteiger partial charge in [0.2, 0.25) is 6.79 Å². The molecule has 3 aromatic rings. The molecular weight excluding hydrogens is 413 g/mol. The number of carbonyl (C=O) groups is 1. The van der Waals surface area contributed by atoms with Crippen molar-refractivity contribution in [1.82, 2.24) is 10.3 Å². The van der Waals surface area contributed by atoms with Gasteiger partial charge in [-0.1, -0.05) is 18.2 Å². The highest BCUT2D eigenvalue weighted by molar-refractivity contribution is 7.97.